The summed E-state index contributed by atoms with van der Waals surface area (Å²) in [5, 5.41) is 0. The van der Waals surface area contributed by atoms with E-state index in [1.165, 1.54) is 4.31 Å². The third kappa shape index (κ3) is 3.70. The van der Waals surface area contributed by atoms with Crippen LogP contribution in [0.1, 0.15) is 26.3 Å². The molecule has 0 atom stereocenters. The first-order valence-corrected chi connectivity index (χ1v) is 8.04. The average Bonchev–Trinajstić information content (AvgIpc) is 2.35. The minimum atomic E-state index is -3.38. The zero-order valence-electron chi connectivity index (χ0n) is 11.1. The van der Waals surface area contributed by atoms with Gasteiger partial charge in [-0.2, -0.15) is 4.31 Å². The highest BCUT2D eigenvalue weighted by Crippen LogP contribution is 2.18. The Labute approximate surface area is 115 Å². The molecule has 0 radical (unpaired) electrons. The van der Waals surface area contributed by atoms with Gasteiger partial charge >= 0.3 is 0 Å². The number of hydrogen-bond donors (Lipinski definition) is 0. The third-order valence-corrected chi connectivity index (χ3v) is 4.90. The van der Waals surface area contributed by atoms with Gasteiger partial charge in [0.25, 0.3) is 0 Å². The molecule has 0 amide bonds. The van der Waals surface area contributed by atoms with Crippen LogP contribution in [0.5, 0.6) is 0 Å². The summed E-state index contributed by atoms with van der Waals surface area (Å²) in [6.07, 6.45) is 0. The molecule has 0 fully saturated rings. The van der Waals surface area contributed by atoms with Crippen LogP contribution >= 0.6 is 11.6 Å². The van der Waals surface area contributed by atoms with Crippen LogP contribution in [0.2, 0.25) is 0 Å². The fourth-order valence-corrected chi connectivity index (χ4v) is 3.49. The van der Waals surface area contributed by atoms with Gasteiger partial charge in [-0.05, 0) is 23.6 Å². The molecular formula is C13H20ClNO2S. The minimum absolute atomic E-state index is 0.307. The Balaban J connectivity index is 3.02. The van der Waals surface area contributed by atoms with Gasteiger partial charge in [0.05, 0.1) is 4.90 Å². The van der Waals surface area contributed by atoms with E-state index in [0.717, 1.165) is 5.56 Å². The van der Waals surface area contributed by atoms with Crippen LogP contribution in [0.3, 0.4) is 0 Å². The van der Waals surface area contributed by atoms with E-state index in [1.54, 1.807) is 24.3 Å². The molecule has 5 heteroatoms. The molecule has 0 spiro atoms. The molecule has 1 rings (SSSR count). The summed E-state index contributed by atoms with van der Waals surface area (Å²) in [5.41, 5.74) is 0.919. The smallest absolute Gasteiger partial charge is 0.207 e. The van der Waals surface area contributed by atoms with Crippen molar-refractivity contribution in [3.63, 3.8) is 0 Å². The number of hydrogen-bond acceptors (Lipinski definition) is 2. The van der Waals surface area contributed by atoms with Gasteiger partial charge in [0.2, 0.25) is 10.0 Å². The molecule has 0 aliphatic carbocycles. The molecule has 0 saturated heterocycles. The molecule has 0 aliphatic rings. The van der Waals surface area contributed by atoms with Crippen molar-refractivity contribution in [1.82, 2.24) is 4.31 Å². The molecule has 0 bridgehead atoms. The summed E-state index contributed by atoms with van der Waals surface area (Å²) < 4.78 is 26.3. The Morgan fingerprint density at radius 3 is 2.17 bits per heavy atom. The standard InChI is InChI=1S/C13H20ClNO2S/c1-4-15(10-11(2)3)18(16,17)13-7-5-12(9-14)6-8-13/h5-8,11H,4,9-10H2,1-3H3. The van der Waals surface area contributed by atoms with E-state index < -0.39 is 10.0 Å². The molecule has 18 heavy (non-hydrogen) atoms. The highest BCUT2D eigenvalue weighted by atomic mass is 35.5. The number of nitrogens with zero attached hydrogens (tertiary/aromatic N) is 1. The zero-order chi connectivity index (χ0) is 13.8. The Morgan fingerprint density at radius 2 is 1.78 bits per heavy atom. The summed E-state index contributed by atoms with van der Waals surface area (Å²) in [6, 6.07) is 6.75. The predicted octanol–water partition coefficient (Wildman–Crippen LogP) is 3.09. The van der Waals surface area contributed by atoms with Gasteiger partial charge in [-0.25, -0.2) is 8.42 Å². The van der Waals surface area contributed by atoms with Gasteiger partial charge in [0.1, 0.15) is 0 Å². The van der Waals surface area contributed by atoms with E-state index in [1.807, 2.05) is 20.8 Å². The van der Waals surface area contributed by atoms with Crippen molar-refractivity contribution in [2.45, 2.75) is 31.5 Å². The van der Waals surface area contributed by atoms with Gasteiger partial charge in [0.15, 0.2) is 0 Å². The second kappa shape index (κ2) is 6.55. The molecule has 3 nitrogen and oxygen atoms in total. The fraction of sp³-hybridized carbons (Fsp3) is 0.538. The van der Waals surface area contributed by atoms with Gasteiger partial charge < -0.3 is 0 Å². The Hall–Kier alpha value is -0.580. The third-order valence-electron chi connectivity index (χ3n) is 2.64. The van der Waals surface area contributed by atoms with Crippen molar-refractivity contribution in [2.75, 3.05) is 13.1 Å². The van der Waals surface area contributed by atoms with Crippen molar-refractivity contribution in [3.05, 3.63) is 29.8 Å². The monoisotopic (exact) mass is 289 g/mol. The van der Waals surface area contributed by atoms with Crippen LogP contribution in [0.4, 0.5) is 0 Å². The second-order valence-electron chi connectivity index (χ2n) is 4.63. The maximum Gasteiger partial charge on any atom is 0.243 e. The molecule has 0 unspecified atom stereocenters. The molecule has 1 aromatic carbocycles. The minimum Gasteiger partial charge on any atom is -0.207 e. The molecular weight excluding hydrogens is 270 g/mol. The summed E-state index contributed by atoms with van der Waals surface area (Å²) >= 11 is 5.69. The molecule has 0 aliphatic heterocycles. The topological polar surface area (TPSA) is 37.4 Å². The first kappa shape index (κ1) is 15.5. The number of alkyl halides is 1. The van der Waals surface area contributed by atoms with Crippen molar-refractivity contribution < 1.29 is 8.42 Å². The van der Waals surface area contributed by atoms with Crippen LogP contribution < -0.4 is 0 Å². The molecule has 0 heterocycles. The molecule has 0 saturated carbocycles. The number of halogens is 1. The maximum atomic E-state index is 12.4. The lowest BCUT2D eigenvalue weighted by molar-refractivity contribution is 0.381. The molecule has 0 N–H and O–H groups in total. The van der Waals surface area contributed by atoms with Crippen molar-refractivity contribution in [2.24, 2.45) is 5.92 Å². The highest BCUT2D eigenvalue weighted by molar-refractivity contribution is 7.89. The van der Waals surface area contributed by atoms with Gasteiger partial charge in [-0.3, -0.25) is 0 Å². The van der Waals surface area contributed by atoms with Crippen molar-refractivity contribution >= 4 is 21.6 Å². The zero-order valence-corrected chi connectivity index (χ0v) is 12.6. The van der Waals surface area contributed by atoms with Gasteiger partial charge in [-0.15, -0.1) is 11.6 Å². The quantitative estimate of drug-likeness (QED) is 0.755. The van der Waals surface area contributed by atoms with Crippen LogP contribution in [0.15, 0.2) is 29.2 Å². The molecule has 102 valence electrons. The first-order valence-electron chi connectivity index (χ1n) is 6.06. The lowest BCUT2D eigenvalue weighted by atomic mass is 10.2. The SMILES string of the molecule is CCN(CC(C)C)S(=O)(=O)c1ccc(CCl)cc1. The number of rotatable bonds is 6. The van der Waals surface area contributed by atoms with Crippen LogP contribution in [-0.2, 0) is 15.9 Å². The Kier molecular flexibility index (Phi) is 5.63. The fourth-order valence-electron chi connectivity index (χ4n) is 1.70. The van der Waals surface area contributed by atoms with Crippen LogP contribution in [-0.4, -0.2) is 25.8 Å². The summed E-state index contributed by atoms with van der Waals surface area (Å²) in [5.74, 6) is 0.700. The highest BCUT2D eigenvalue weighted by Gasteiger charge is 2.23. The Morgan fingerprint density at radius 1 is 1.22 bits per heavy atom. The first-order chi connectivity index (χ1) is 8.41. The van der Waals surface area contributed by atoms with E-state index in [0.29, 0.717) is 29.8 Å². The second-order valence-corrected chi connectivity index (χ2v) is 6.83. The lowest BCUT2D eigenvalue weighted by Crippen LogP contribution is -2.34. The van der Waals surface area contributed by atoms with Crippen molar-refractivity contribution in [1.29, 1.82) is 0 Å². The van der Waals surface area contributed by atoms with Gasteiger partial charge in [0, 0.05) is 19.0 Å². The maximum absolute atomic E-state index is 12.4. The summed E-state index contributed by atoms with van der Waals surface area (Å²) in [7, 11) is -3.38. The summed E-state index contributed by atoms with van der Waals surface area (Å²) in [4.78, 5) is 0.332. The Bertz CT molecular complexity index is 468. The van der Waals surface area contributed by atoms with Crippen LogP contribution in [0, 0.1) is 5.92 Å². The van der Waals surface area contributed by atoms with E-state index in [9.17, 15) is 8.42 Å². The van der Waals surface area contributed by atoms with Gasteiger partial charge in [-0.1, -0.05) is 32.9 Å². The average molecular weight is 290 g/mol. The normalized spacial score (nSPS) is 12.3. The largest absolute Gasteiger partial charge is 0.243 e. The van der Waals surface area contributed by atoms with Crippen LogP contribution in [0.25, 0.3) is 0 Å². The van der Waals surface area contributed by atoms with E-state index >= 15 is 0 Å². The molecule has 1 aromatic rings. The van der Waals surface area contributed by atoms with Crippen molar-refractivity contribution in [3.8, 4) is 0 Å². The number of sulfonamides is 1. The lowest BCUT2D eigenvalue weighted by Gasteiger charge is -2.22. The predicted molar refractivity (Wildman–Crippen MR) is 75.3 cm³/mol. The molecule has 0 aromatic heterocycles. The van der Waals surface area contributed by atoms with E-state index in [-0.39, 0.29) is 0 Å². The summed E-state index contributed by atoms with van der Waals surface area (Å²) in [6.45, 7) is 6.89. The number of benzene rings is 1. The van der Waals surface area contributed by atoms with E-state index in [4.69, 9.17) is 11.6 Å². The van der Waals surface area contributed by atoms with E-state index in [2.05, 4.69) is 0 Å².